The molecule has 0 spiro atoms. The Labute approximate surface area is 57.4 Å². The van der Waals surface area contributed by atoms with Crippen LogP contribution in [0.2, 0.25) is 0 Å². The van der Waals surface area contributed by atoms with E-state index in [1.165, 1.54) is 0 Å². The second-order valence-corrected chi connectivity index (χ2v) is 1.37. The third kappa shape index (κ3) is 3.06. The van der Waals surface area contributed by atoms with E-state index < -0.39 is 11.7 Å². The lowest BCUT2D eigenvalue weighted by atomic mass is 10.6. The number of aliphatic hydroxyl groups excluding tert-OH is 1. The summed E-state index contributed by atoms with van der Waals surface area (Å²) in [7, 11) is 0. The van der Waals surface area contributed by atoms with E-state index in [1.807, 2.05) is 0 Å². The largest absolute Gasteiger partial charge is 0.457 e. The zero-order valence-electron chi connectivity index (χ0n) is 5.24. The van der Waals surface area contributed by atoms with Gasteiger partial charge in [0.15, 0.2) is 0 Å². The summed E-state index contributed by atoms with van der Waals surface area (Å²) in [6.45, 7) is 2.59. The molecule has 10 heavy (non-hydrogen) atoms. The molecule has 0 saturated heterocycles. The summed E-state index contributed by atoms with van der Waals surface area (Å²) in [6, 6.07) is 0. The Kier molecular flexibility index (Phi) is 4.26. The molecule has 0 rings (SSSR count). The molecule has 58 valence electrons. The van der Waals surface area contributed by atoms with Crippen LogP contribution in [0.15, 0.2) is 12.3 Å². The van der Waals surface area contributed by atoms with Crippen molar-refractivity contribution in [2.75, 3.05) is 13.2 Å². The smallest absolute Gasteiger partial charge is 0.377 e. The molecule has 5 heteroatoms. The molecule has 0 atom stereocenters. The van der Waals surface area contributed by atoms with E-state index in [9.17, 15) is 4.79 Å². The molecule has 0 amide bonds. The van der Waals surface area contributed by atoms with Gasteiger partial charge in [0.25, 0.3) is 0 Å². The first kappa shape index (κ1) is 8.93. The van der Waals surface area contributed by atoms with Crippen molar-refractivity contribution >= 4 is 5.97 Å². The Balaban J connectivity index is 3.52. The standard InChI is InChI=1S/C5H8O5/c1-4(10-8)5(7)9-3-2-6/h6,8H,1-3H2. The fourth-order valence-corrected chi connectivity index (χ4v) is 0.256. The van der Waals surface area contributed by atoms with Crippen LogP contribution < -0.4 is 0 Å². The molecule has 0 heterocycles. The summed E-state index contributed by atoms with van der Waals surface area (Å²) >= 11 is 0. The fraction of sp³-hybridized carbons (Fsp3) is 0.400. The molecular weight excluding hydrogens is 140 g/mol. The van der Waals surface area contributed by atoms with Crippen molar-refractivity contribution < 1.29 is 24.8 Å². The Bertz CT molecular complexity index is 130. The third-order valence-electron chi connectivity index (χ3n) is 0.662. The van der Waals surface area contributed by atoms with Gasteiger partial charge < -0.3 is 14.7 Å². The van der Waals surface area contributed by atoms with Crippen molar-refractivity contribution in [1.29, 1.82) is 0 Å². The summed E-state index contributed by atoms with van der Waals surface area (Å²) in [6.07, 6.45) is 0. The minimum absolute atomic E-state index is 0.138. The van der Waals surface area contributed by atoms with E-state index in [0.717, 1.165) is 0 Å². The second-order valence-electron chi connectivity index (χ2n) is 1.37. The molecule has 0 aliphatic heterocycles. The summed E-state index contributed by atoms with van der Waals surface area (Å²) in [4.78, 5) is 13.9. The zero-order valence-corrected chi connectivity index (χ0v) is 5.24. The molecule has 0 unspecified atom stereocenters. The van der Waals surface area contributed by atoms with E-state index in [1.54, 1.807) is 0 Å². The van der Waals surface area contributed by atoms with Crippen LogP contribution in [0.5, 0.6) is 0 Å². The maximum absolute atomic E-state index is 10.4. The summed E-state index contributed by atoms with van der Waals surface area (Å²) in [5, 5.41) is 16.0. The number of aliphatic hydroxyl groups is 1. The first-order valence-electron chi connectivity index (χ1n) is 2.50. The van der Waals surface area contributed by atoms with Crippen LogP contribution in [-0.4, -0.2) is 29.5 Å². The van der Waals surface area contributed by atoms with E-state index in [-0.39, 0.29) is 13.2 Å². The maximum Gasteiger partial charge on any atom is 0.377 e. The van der Waals surface area contributed by atoms with Gasteiger partial charge in [-0.15, -0.1) is 0 Å². The normalized spacial score (nSPS) is 8.60. The van der Waals surface area contributed by atoms with Gasteiger partial charge in [-0.05, 0) is 6.58 Å². The first-order valence-corrected chi connectivity index (χ1v) is 2.50. The molecule has 0 fully saturated rings. The molecule has 0 radical (unpaired) electrons. The maximum atomic E-state index is 10.4. The van der Waals surface area contributed by atoms with E-state index in [4.69, 9.17) is 10.4 Å². The lowest BCUT2D eigenvalue weighted by molar-refractivity contribution is -0.212. The monoisotopic (exact) mass is 148 g/mol. The van der Waals surface area contributed by atoms with Gasteiger partial charge in [-0.3, -0.25) is 0 Å². The first-order chi connectivity index (χ1) is 4.72. The molecule has 0 saturated carbocycles. The van der Waals surface area contributed by atoms with Crippen LogP contribution in [0, 0.1) is 0 Å². The van der Waals surface area contributed by atoms with Gasteiger partial charge in [0.1, 0.15) is 6.61 Å². The molecule has 0 bridgehead atoms. The average Bonchev–Trinajstić information content (AvgIpc) is 1.98. The van der Waals surface area contributed by atoms with Crippen LogP contribution in [0.3, 0.4) is 0 Å². The zero-order chi connectivity index (χ0) is 7.98. The molecular formula is C5H8O5. The van der Waals surface area contributed by atoms with E-state index in [0.29, 0.717) is 0 Å². The van der Waals surface area contributed by atoms with Crippen LogP contribution >= 0.6 is 0 Å². The van der Waals surface area contributed by atoms with Gasteiger partial charge in [-0.25, -0.2) is 10.1 Å². The van der Waals surface area contributed by atoms with Gasteiger partial charge in [0, 0.05) is 0 Å². The Hall–Kier alpha value is -1.07. The fourth-order valence-electron chi connectivity index (χ4n) is 0.256. The highest BCUT2D eigenvalue weighted by atomic mass is 17.1. The molecule has 5 nitrogen and oxygen atoms in total. The lowest BCUT2D eigenvalue weighted by Crippen LogP contribution is -2.11. The molecule has 0 aromatic rings. The van der Waals surface area contributed by atoms with Crippen molar-refractivity contribution in [3.05, 3.63) is 12.3 Å². The van der Waals surface area contributed by atoms with Gasteiger partial charge in [0.05, 0.1) is 6.61 Å². The number of rotatable bonds is 4. The van der Waals surface area contributed by atoms with Gasteiger partial charge in [-0.1, -0.05) is 0 Å². The number of hydrogen-bond donors (Lipinski definition) is 2. The van der Waals surface area contributed by atoms with Crippen molar-refractivity contribution in [2.24, 2.45) is 0 Å². The van der Waals surface area contributed by atoms with E-state index in [2.05, 4.69) is 16.2 Å². The van der Waals surface area contributed by atoms with Gasteiger partial charge in [-0.2, -0.15) is 0 Å². The molecule has 0 aromatic carbocycles. The SMILES string of the molecule is C=C(OO)C(=O)OCCO. The number of hydrogen-bond acceptors (Lipinski definition) is 5. The number of carbonyl (C=O) groups is 1. The highest BCUT2D eigenvalue weighted by molar-refractivity contribution is 5.85. The quantitative estimate of drug-likeness (QED) is 0.185. The lowest BCUT2D eigenvalue weighted by Gasteiger charge is -2.00. The van der Waals surface area contributed by atoms with Gasteiger partial charge in [0.2, 0.25) is 5.76 Å². The van der Waals surface area contributed by atoms with Crippen LogP contribution in [0.25, 0.3) is 0 Å². The Morgan fingerprint density at radius 3 is 2.60 bits per heavy atom. The molecule has 2 N–H and O–H groups in total. The predicted octanol–water partition coefficient (Wildman–Crippen LogP) is -0.475. The Morgan fingerprint density at radius 1 is 1.60 bits per heavy atom. The summed E-state index contributed by atoms with van der Waals surface area (Å²) in [5.74, 6) is -1.40. The van der Waals surface area contributed by atoms with Crippen molar-refractivity contribution in [2.45, 2.75) is 0 Å². The predicted molar refractivity (Wildman–Crippen MR) is 30.9 cm³/mol. The van der Waals surface area contributed by atoms with Crippen molar-refractivity contribution in [3.63, 3.8) is 0 Å². The minimum Gasteiger partial charge on any atom is -0.457 e. The minimum atomic E-state index is -0.892. The topological polar surface area (TPSA) is 76.0 Å². The number of ether oxygens (including phenoxy) is 1. The highest BCUT2D eigenvalue weighted by Crippen LogP contribution is 1.92. The van der Waals surface area contributed by atoms with E-state index >= 15 is 0 Å². The summed E-state index contributed by atoms with van der Waals surface area (Å²) in [5.41, 5.74) is 0. The Morgan fingerprint density at radius 2 is 2.20 bits per heavy atom. The molecule has 0 aromatic heterocycles. The van der Waals surface area contributed by atoms with Gasteiger partial charge >= 0.3 is 5.97 Å². The molecule has 0 aliphatic carbocycles. The molecule has 0 aliphatic rings. The second kappa shape index (κ2) is 4.78. The van der Waals surface area contributed by atoms with Crippen LogP contribution in [0.4, 0.5) is 0 Å². The van der Waals surface area contributed by atoms with Crippen molar-refractivity contribution in [1.82, 2.24) is 0 Å². The summed E-state index contributed by atoms with van der Waals surface area (Å²) < 4.78 is 4.27. The van der Waals surface area contributed by atoms with Crippen LogP contribution in [0.1, 0.15) is 0 Å². The van der Waals surface area contributed by atoms with Crippen LogP contribution in [-0.2, 0) is 14.4 Å². The van der Waals surface area contributed by atoms with Crippen molar-refractivity contribution in [3.8, 4) is 0 Å². The average molecular weight is 148 g/mol. The number of carbonyl (C=O) groups excluding carboxylic acids is 1. The number of esters is 1. The highest BCUT2D eigenvalue weighted by Gasteiger charge is 2.08. The third-order valence-corrected chi connectivity index (χ3v) is 0.662.